The monoisotopic (exact) mass is 447 g/mol. The van der Waals surface area contributed by atoms with Gasteiger partial charge in [-0.2, -0.15) is 18.4 Å². The van der Waals surface area contributed by atoms with Gasteiger partial charge in [-0.05, 0) is 49.3 Å². The fraction of sp³-hybridized carbons (Fsp3) is 0.579. The largest absolute Gasteiger partial charge is 0.407 e. The van der Waals surface area contributed by atoms with Gasteiger partial charge in [0, 0.05) is 0 Å². The number of nitrogens with one attached hydrogen (secondary N) is 2. The molecule has 0 spiro atoms. The van der Waals surface area contributed by atoms with Gasteiger partial charge in [0.15, 0.2) is 9.84 Å². The van der Waals surface area contributed by atoms with E-state index in [0.29, 0.717) is 18.9 Å². The van der Waals surface area contributed by atoms with Crippen molar-refractivity contribution in [2.75, 3.05) is 11.5 Å². The molecule has 164 valence electrons. The van der Waals surface area contributed by atoms with Gasteiger partial charge in [0.05, 0.1) is 17.6 Å². The van der Waals surface area contributed by atoms with Crippen molar-refractivity contribution in [2.45, 2.75) is 49.5 Å². The first-order valence-electron chi connectivity index (χ1n) is 9.45. The Balaban J connectivity index is 1.86. The molecule has 0 radical (unpaired) electrons. The maximum absolute atomic E-state index is 13.7. The zero-order valence-electron chi connectivity index (χ0n) is 15.9. The zero-order chi connectivity index (χ0) is 22.2. The van der Waals surface area contributed by atoms with Crippen LogP contribution in [-0.2, 0) is 14.6 Å². The lowest BCUT2D eigenvalue weighted by molar-refractivity contribution is -0.160. The molecule has 2 N–H and O–H groups in total. The Morgan fingerprint density at radius 1 is 1.30 bits per heavy atom. The van der Waals surface area contributed by atoms with Crippen molar-refractivity contribution in [2.24, 2.45) is 5.92 Å². The molecular weight excluding hydrogens is 426 g/mol. The van der Waals surface area contributed by atoms with Crippen molar-refractivity contribution < 1.29 is 30.8 Å². The molecule has 30 heavy (non-hydrogen) atoms. The van der Waals surface area contributed by atoms with Crippen LogP contribution in [-0.4, -0.2) is 43.6 Å². The van der Waals surface area contributed by atoms with Gasteiger partial charge in [-0.15, -0.1) is 0 Å². The Kier molecular flexibility index (Phi) is 6.11. The number of hydrogen-bond acceptors (Lipinski definition) is 5. The second-order valence-electron chi connectivity index (χ2n) is 7.95. The van der Waals surface area contributed by atoms with Crippen molar-refractivity contribution >= 4 is 15.7 Å². The van der Waals surface area contributed by atoms with Crippen molar-refractivity contribution in [1.82, 2.24) is 10.6 Å². The minimum Gasteiger partial charge on any atom is -0.336 e. The molecule has 6 nitrogen and oxygen atoms in total. The number of rotatable bonds is 9. The Morgan fingerprint density at radius 2 is 1.97 bits per heavy atom. The van der Waals surface area contributed by atoms with E-state index in [-0.39, 0.29) is 11.7 Å². The molecule has 2 aliphatic rings. The summed E-state index contributed by atoms with van der Waals surface area (Å²) in [4.78, 5) is 12.7. The number of carbonyl (C=O) groups is 1. The molecule has 0 aliphatic heterocycles. The van der Waals surface area contributed by atoms with Gasteiger partial charge in [0.1, 0.15) is 23.4 Å². The number of halogens is 4. The molecule has 2 aliphatic carbocycles. The highest BCUT2D eigenvalue weighted by molar-refractivity contribution is 7.91. The normalized spacial score (nSPS) is 20.1. The summed E-state index contributed by atoms with van der Waals surface area (Å²) in [7, 11) is -3.83. The molecule has 1 aromatic rings. The summed E-state index contributed by atoms with van der Waals surface area (Å²) in [6, 6.07) is 1.46. The van der Waals surface area contributed by atoms with Gasteiger partial charge in [-0.1, -0.05) is 12.1 Å². The van der Waals surface area contributed by atoms with Gasteiger partial charge in [-0.3, -0.25) is 10.1 Å². The second-order valence-corrected chi connectivity index (χ2v) is 10.1. The zero-order valence-corrected chi connectivity index (χ0v) is 16.7. The molecule has 0 bridgehead atoms. The summed E-state index contributed by atoms with van der Waals surface area (Å²) >= 11 is 0. The van der Waals surface area contributed by atoms with E-state index >= 15 is 0 Å². The highest BCUT2D eigenvalue weighted by Gasteiger charge is 2.48. The molecule has 0 unspecified atom stereocenters. The van der Waals surface area contributed by atoms with Gasteiger partial charge >= 0.3 is 6.18 Å². The van der Waals surface area contributed by atoms with E-state index in [1.807, 2.05) is 6.07 Å². The van der Waals surface area contributed by atoms with E-state index < -0.39 is 56.7 Å². The van der Waals surface area contributed by atoms with Gasteiger partial charge in [-0.25, -0.2) is 12.8 Å². The van der Waals surface area contributed by atoms with Crippen LogP contribution in [0.2, 0.25) is 0 Å². The second kappa shape index (κ2) is 8.15. The minimum atomic E-state index is -4.92. The number of carbonyl (C=O) groups excluding carboxylic acids is 1. The first-order chi connectivity index (χ1) is 13.9. The summed E-state index contributed by atoms with van der Waals surface area (Å²) in [5.41, 5.74) is -1.66. The fourth-order valence-electron chi connectivity index (χ4n) is 3.14. The average Bonchev–Trinajstić information content (AvgIpc) is 3.55. The molecule has 0 heterocycles. The van der Waals surface area contributed by atoms with Crippen LogP contribution in [0.5, 0.6) is 0 Å². The molecule has 2 saturated carbocycles. The summed E-state index contributed by atoms with van der Waals surface area (Å²) < 4.78 is 79.5. The van der Waals surface area contributed by atoms with Crippen LogP contribution in [0.4, 0.5) is 17.6 Å². The molecular formula is C19H21F4N3O3S. The van der Waals surface area contributed by atoms with Crippen molar-refractivity contribution in [3.63, 3.8) is 0 Å². The fourth-order valence-corrected chi connectivity index (χ4v) is 5.09. The first-order valence-corrected chi connectivity index (χ1v) is 11.3. The molecule has 0 aromatic heterocycles. The van der Waals surface area contributed by atoms with Crippen molar-refractivity contribution in [3.05, 3.63) is 35.6 Å². The van der Waals surface area contributed by atoms with Crippen LogP contribution >= 0.6 is 0 Å². The third-order valence-corrected chi connectivity index (χ3v) is 6.95. The highest BCUT2D eigenvalue weighted by Crippen LogP contribution is 2.36. The van der Waals surface area contributed by atoms with Crippen molar-refractivity contribution in [1.29, 1.82) is 5.26 Å². The van der Waals surface area contributed by atoms with E-state index in [0.717, 1.165) is 31.0 Å². The maximum Gasteiger partial charge on any atom is 0.407 e. The van der Waals surface area contributed by atoms with E-state index in [9.17, 15) is 30.8 Å². The topological polar surface area (TPSA) is 99.1 Å². The van der Waals surface area contributed by atoms with Crippen LogP contribution in [0.15, 0.2) is 24.3 Å². The minimum absolute atomic E-state index is 0.0470. The highest BCUT2D eigenvalue weighted by atomic mass is 32.2. The number of nitriles is 1. The smallest absolute Gasteiger partial charge is 0.336 e. The summed E-state index contributed by atoms with van der Waals surface area (Å²) in [5, 5.41) is 13.6. The average molecular weight is 447 g/mol. The molecule has 2 atom stereocenters. The van der Waals surface area contributed by atoms with E-state index in [1.165, 1.54) is 0 Å². The van der Waals surface area contributed by atoms with Crippen LogP contribution in [0.25, 0.3) is 0 Å². The summed E-state index contributed by atoms with van der Waals surface area (Å²) in [6.45, 7) is 0. The standard InChI is InChI=1S/C19H21F4N3O3S/c20-14-3-1-2-13(8-14)16(19(21,22)23)25-15(10-30(28,29)9-12-4-5-12)17(27)26-18(11-24)6-7-18/h1-3,8,12,15-16,25H,4-7,9-10H2,(H,26,27)/t15-,16-/m0/s1. The van der Waals surface area contributed by atoms with Gasteiger partial charge in [0.2, 0.25) is 5.91 Å². The predicted molar refractivity (Wildman–Crippen MR) is 99.2 cm³/mol. The van der Waals surface area contributed by atoms with Crippen LogP contribution < -0.4 is 10.6 Å². The first kappa shape index (κ1) is 22.5. The molecule has 1 aromatic carbocycles. The lowest BCUT2D eigenvalue weighted by atomic mass is 10.0. The number of sulfone groups is 1. The number of amides is 1. The number of benzene rings is 1. The summed E-state index contributed by atoms with van der Waals surface area (Å²) in [5.74, 6) is -3.00. The number of nitrogens with zero attached hydrogens (tertiary/aromatic N) is 1. The lowest BCUT2D eigenvalue weighted by Crippen LogP contribution is -2.54. The lowest BCUT2D eigenvalue weighted by Gasteiger charge is -2.28. The Hall–Kier alpha value is -2.19. The van der Waals surface area contributed by atoms with E-state index in [1.54, 1.807) is 0 Å². The third-order valence-electron chi connectivity index (χ3n) is 5.13. The molecule has 11 heteroatoms. The molecule has 0 saturated heterocycles. The van der Waals surface area contributed by atoms with Gasteiger partial charge < -0.3 is 5.32 Å². The third kappa shape index (κ3) is 5.92. The van der Waals surface area contributed by atoms with Crippen LogP contribution in [0.1, 0.15) is 37.3 Å². The maximum atomic E-state index is 13.7. The number of hydrogen-bond donors (Lipinski definition) is 2. The van der Waals surface area contributed by atoms with Crippen LogP contribution in [0.3, 0.4) is 0 Å². The number of alkyl halides is 3. The quantitative estimate of drug-likeness (QED) is 0.567. The SMILES string of the molecule is N#CC1(NC(=O)[C@H](CS(=O)(=O)CC2CC2)N[C@@H](c2cccc(F)c2)C(F)(F)F)CC1. The predicted octanol–water partition coefficient (Wildman–Crippen LogP) is 2.38. The molecule has 3 rings (SSSR count). The van der Waals surface area contributed by atoms with Gasteiger partial charge in [0.25, 0.3) is 0 Å². The van der Waals surface area contributed by atoms with Crippen LogP contribution in [0, 0.1) is 23.1 Å². The van der Waals surface area contributed by atoms with Crippen molar-refractivity contribution in [3.8, 4) is 6.07 Å². The Bertz CT molecular complexity index is 951. The van der Waals surface area contributed by atoms with E-state index in [4.69, 9.17) is 5.26 Å². The Labute approximate surface area is 171 Å². The molecule has 2 fully saturated rings. The molecule has 1 amide bonds. The summed E-state index contributed by atoms with van der Waals surface area (Å²) in [6.07, 6.45) is -2.81. The Morgan fingerprint density at radius 3 is 2.47 bits per heavy atom. The van der Waals surface area contributed by atoms with E-state index in [2.05, 4.69) is 10.6 Å².